The molecule has 5 nitrogen and oxygen atoms in total. The minimum atomic E-state index is -4.05. The van der Waals surface area contributed by atoms with Gasteiger partial charge in [0.1, 0.15) is 0 Å². The highest BCUT2D eigenvalue weighted by Crippen LogP contribution is 2.40. The Bertz CT molecular complexity index is 437. The Hall–Kier alpha value is -1.18. The monoisotopic (exact) mass is 305 g/mol. The van der Waals surface area contributed by atoms with E-state index >= 15 is 0 Å². The standard InChI is InChI=1S/C13H22F3N5/c1-3-17-11(8-12-18-20-21(2)19-12)9-4-6-10(7-5-9)13(14,15)16/h9-11,17H,3-8H2,1-2H3. The van der Waals surface area contributed by atoms with Gasteiger partial charge in [0, 0.05) is 12.5 Å². The van der Waals surface area contributed by atoms with Crippen molar-refractivity contribution in [3.05, 3.63) is 5.82 Å². The highest BCUT2D eigenvalue weighted by molar-refractivity contribution is 4.91. The zero-order valence-electron chi connectivity index (χ0n) is 12.4. The molecule has 8 heteroatoms. The Kier molecular flexibility index (Phi) is 5.18. The lowest BCUT2D eigenvalue weighted by molar-refractivity contribution is -0.184. The predicted octanol–water partition coefficient (Wildman–Crippen LogP) is 2.10. The number of aromatic nitrogens is 4. The topological polar surface area (TPSA) is 55.6 Å². The number of hydrogen-bond acceptors (Lipinski definition) is 4. The van der Waals surface area contributed by atoms with Gasteiger partial charge in [0.15, 0.2) is 5.82 Å². The summed E-state index contributed by atoms with van der Waals surface area (Å²) in [4.78, 5) is 1.40. The van der Waals surface area contributed by atoms with E-state index in [1.165, 1.54) is 4.80 Å². The lowest BCUT2D eigenvalue weighted by atomic mass is 9.77. The molecule has 1 aliphatic carbocycles. The minimum absolute atomic E-state index is 0.119. The second kappa shape index (κ2) is 6.72. The molecule has 0 aliphatic heterocycles. The molecule has 0 amide bonds. The van der Waals surface area contributed by atoms with E-state index in [-0.39, 0.29) is 24.8 Å². The van der Waals surface area contributed by atoms with Gasteiger partial charge in [-0.2, -0.15) is 18.0 Å². The van der Waals surface area contributed by atoms with Crippen LogP contribution in [0.15, 0.2) is 0 Å². The molecule has 1 atom stereocenters. The van der Waals surface area contributed by atoms with Gasteiger partial charge in [0.25, 0.3) is 0 Å². The SMILES string of the molecule is CCNC(Cc1nnn(C)n1)C1CCC(C(F)(F)F)CC1. The zero-order chi connectivity index (χ0) is 15.5. The second-order valence-corrected chi connectivity index (χ2v) is 5.72. The van der Waals surface area contributed by atoms with Crippen molar-refractivity contribution in [2.45, 2.75) is 51.2 Å². The van der Waals surface area contributed by atoms with Crippen LogP contribution in [0.2, 0.25) is 0 Å². The number of alkyl halides is 3. The van der Waals surface area contributed by atoms with Crippen molar-refractivity contribution in [1.82, 2.24) is 25.5 Å². The Morgan fingerprint density at radius 3 is 2.43 bits per heavy atom. The number of rotatable bonds is 5. The molecule has 120 valence electrons. The van der Waals surface area contributed by atoms with E-state index in [2.05, 4.69) is 20.7 Å². The average molecular weight is 305 g/mol. The predicted molar refractivity (Wildman–Crippen MR) is 71.5 cm³/mol. The number of hydrogen-bond donors (Lipinski definition) is 1. The van der Waals surface area contributed by atoms with Gasteiger partial charge in [-0.05, 0) is 43.4 Å². The smallest absolute Gasteiger partial charge is 0.314 e. The molecule has 2 rings (SSSR count). The molecular weight excluding hydrogens is 283 g/mol. The van der Waals surface area contributed by atoms with Crippen LogP contribution in [0.3, 0.4) is 0 Å². The molecule has 0 bridgehead atoms. The molecule has 1 aromatic heterocycles. The first-order valence-electron chi connectivity index (χ1n) is 7.43. The summed E-state index contributed by atoms with van der Waals surface area (Å²) in [6.07, 6.45) is -1.79. The van der Waals surface area contributed by atoms with Crippen LogP contribution < -0.4 is 5.32 Å². The van der Waals surface area contributed by atoms with Crippen molar-refractivity contribution in [1.29, 1.82) is 0 Å². The molecule has 1 heterocycles. The summed E-state index contributed by atoms with van der Waals surface area (Å²) in [7, 11) is 1.70. The van der Waals surface area contributed by atoms with Crippen molar-refractivity contribution >= 4 is 0 Å². The number of likely N-dealkylation sites (N-methyl/N-ethyl adjacent to an activating group) is 1. The van der Waals surface area contributed by atoms with Crippen LogP contribution in [-0.4, -0.2) is 39.0 Å². The lowest BCUT2D eigenvalue weighted by Crippen LogP contribution is -2.41. The van der Waals surface area contributed by atoms with E-state index in [0.29, 0.717) is 25.1 Å². The van der Waals surface area contributed by atoms with E-state index in [1.54, 1.807) is 7.05 Å². The molecule has 1 aromatic rings. The Morgan fingerprint density at radius 2 is 1.95 bits per heavy atom. The van der Waals surface area contributed by atoms with E-state index in [1.807, 2.05) is 6.92 Å². The summed E-state index contributed by atoms with van der Waals surface area (Å²) in [5, 5.41) is 15.3. The van der Waals surface area contributed by atoms with Gasteiger partial charge in [-0.3, -0.25) is 0 Å². The lowest BCUT2D eigenvalue weighted by Gasteiger charge is -2.34. The first-order valence-corrected chi connectivity index (χ1v) is 7.43. The summed E-state index contributed by atoms with van der Waals surface area (Å²) in [5.41, 5.74) is 0. The number of nitrogens with one attached hydrogen (secondary N) is 1. The van der Waals surface area contributed by atoms with E-state index in [9.17, 15) is 13.2 Å². The number of tetrazole rings is 1. The van der Waals surface area contributed by atoms with Crippen molar-refractivity contribution < 1.29 is 13.2 Å². The molecule has 0 spiro atoms. The molecule has 0 saturated heterocycles. The molecule has 1 unspecified atom stereocenters. The number of halogens is 3. The fourth-order valence-corrected chi connectivity index (χ4v) is 3.12. The van der Waals surface area contributed by atoms with E-state index in [0.717, 1.165) is 6.54 Å². The van der Waals surface area contributed by atoms with Crippen LogP contribution in [-0.2, 0) is 13.5 Å². The quantitative estimate of drug-likeness (QED) is 0.905. The van der Waals surface area contributed by atoms with Crippen molar-refractivity contribution in [3.63, 3.8) is 0 Å². The van der Waals surface area contributed by atoms with Gasteiger partial charge >= 0.3 is 6.18 Å². The summed E-state index contributed by atoms with van der Waals surface area (Å²) in [6, 6.07) is 0.119. The number of nitrogens with zero attached hydrogens (tertiary/aromatic N) is 4. The molecule has 1 saturated carbocycles. The van der Waals surface area contributed by atoms with Crippen LogP contribution in [0.1, 0.15) is 38.4 Å². The van der Waals surface area contributed by atoms with Crippen LogP contribution >= 0.6 is 0 Å². The Balaban J connectivity index is 1.93. The Labute approximate surface area is 122 Å². The molecule has 1 fully saturated rings. The number of aryl methyl sites for hydroxylation is 1. The summed E-state index contributed by atoms with van der Waals surface area (Å²) >= 11 is 0. The fraction of sp³-hybridized carbons (Fsp3) is 0.923. The van der Waals surface area contributed by atoms with Crippen LogP contribution in [0, 0.1) is 11.8 Å². The first kappa shape index (κ1) is 16.2. The van der Waals surface area contributed by atoms with Crippen molar-refractivity contribution in [3.8, 4) is 0 Å². The molecule has 0 radical (unpaired) electrons. The average Bonchev–Trinajstić information content (AvgIpc) is 2.83. The third-order valence-electron chi connectivity index (χ3n) is 4.22. The molecule has 1 N–H and O–H groups in total. The largest absolute Gasteiger partial charge is 0.391 e. The third kappa shape index (κ3) is 4.39. The molecule has 0 aromatic carbocycles. The maximum absolute atomic E-state index is 12.7. The van der Waals surface area contributed by atoms with Crippen molar-refractivity contribution in [2.24, 2.45) is 18.9 Å². The third-order valence-corrected chi connectivity index (χ3v) is 4.22. The molecule has 1 aliphatic rings. The van der Waals surface area contributed by atoms with Gasteiger partial charge < -0.3 is 5.32 Å². The summed E-state index contributed by atoms with van der Waals surface area (Å²) in [5.74, 6) is -0.251. The molecule has 21 heavy (non-hydrogen) atoms. The van der Waals surface area contributed by atoms with Crippen molar-refractivity contribution in [2.75, 3.05) is 6.54 Å². The van der Waals surface area contributed by atoms with Gasteiger partial charge in [0.2, 0.25) is 0 Å². The summed E-state index contributed by atoms with van der Waals surface area (Å²) in [6.45, 7) is 2.78. The Morgan fingerprint density at radius 1 is 1.29 bits per heavy atom. The zero-order valence-corrected chi connectivity index (χ0v) is 12.4. The van der Waals surface area contributed by atoms with Gasteiger partial charge in [0.05, 0.1) is 13.0 Å². The van der Waals surface area contributed by atoms with Gasteiger partial charge in [-0.15, -0.1) is 10.2 Å². The van der Waals surface area contributed by atoms with Gasteiger partial charge in [-0.1, -0.05) is 6.92 Å². The normalized spacial score (nSPS) is 25.0. The maximum atomic E-state index is 12.7. The first-order chi connectivity index (χ1) is 9.90. The van der Waals surface area contributed by atoms with Crippen LogP contribution in [0.4, 0.5) is 13.2 Å². The molecular formula is C13H22F3N5. The van der Waals surface area contributed by atoms with Crippen LogP contribution in [0.25, 0.3) is 0 Å². The van der Waals surface area contributed by atoms with Gasteiger partial charge in [-0.25, -0.2) is 0 Å². The van der Waals surface area contributed by atoms with E-state index in [4.69, 9.17) is 0 Å². The highest BCUT2D eigenvalue weighted by atomic mass is 19.4. The van der Waals surface area contributed by atoms with Crippen LogP contribution in [0.5, 0.6) is 0 Å². The second-order valence-electron chi connectivity index (χ2n) is 5.72. The minimum Gasteiger partial charge on any atom is -0.314 e. The fourth-order valence-electron chi connectivity index (χ4n) is 3.12. The highest BCUT2D eigenvalue weighted by Gasteiger charge is 2.42. The maximum Gasteiger partial charge on any atom is 0.391 e. The van der Waals surface area contributed by atoms with E-state index < -0.39 is 12.1 Å². The summed E-state index contributed by atoms with van der Waals surface area (Å²) < 4.78 is 38.2.